The predicted molar refractivity (Wildman–Crippen MR) is 147 cm³/mol. The average Bonchev–Trinajstić information content (AvgIpc) is 3.59. The van der Waals surface area contributed by atoms with Gasteiger partial charge in [0, 0.05) is 41.8 Å². The number of hydrogen-bond donors (Lipinski definition) is 8. The van der Waals surface area contributed by atoms with Crippen molar-refractivity contribution >= 4 is 34.6 Å². The molecule has 3 amide bonds. The van der Waals surface area contributed by atoms with Crippen molar-refractivity contribution in [2.75, 3.05) is 0 Å². The third-order valence-corrected chi connectivity index (χ3v) is 6.95. The Bertz CT molecular complexity index is 1310. The Morgan fingerprint density at radius 1 is 0.975 bits per heavy atom. The number of carbonyl (C=O) groups is 4. The van der Waals surface area contributed by atoms with Gasteiger partial charge in [-0.1, -0.05) is 38.5 Å². The van der Waals surface area contributed by atoms with Crippen molar-refractivity contribution in [2.24, 2.45) is 11.7 Å². The van der Waals surface area contributed by atoms with Crippen molar-refractivity contribution < 1.29 is 29.4 Å². The molecule has 3 aromatic rings. The summed E-state index contributed by atoms with van der Waals surface area (Å²) in [7, 11) is 0. The summed E-state index contributed by atoms with van der Waals surface area (Å²) >= 11 is 0. The number of hydrogen-bond acceptors (Lipinski definition) is 7. The van der Waals surface area contributed by atoms with Crippen molar-refractivity contribution in [2.45, 2.75) is 70.3 Å². The van der Waals surface area contributed by atoms with Crippen LogP contribution >= 0.6 is 0 Å². The number of aliphatic carboxylic acids is 1. The lowest BCUT2D eigenvalue weighted by Crippen LogP contribution is -2.59. The minimum Gasteiger partial charge on any atom is -0.480 e. The number of carbonyl (C=O) groups excluding carboxylic acids is 3. The highest BCUT2D eigenvalue weighted by molar-refractivity contribution is 5.95. The third kappa shape index (κ3) is 7.67. The molecule has 0 aliphatic heterocycles. The summed E-state index contributed by atoms with van der Waals surface area (Å²) in [5.41, 5.74) is 8.25. The smallest absolute Gasteiger partial charge is 0.328 e. The Morgan fingerprint density at radius 3 is 2.25 bits per heavy atom. The number of para-hydroxylation sites is 1. The molecule has 40 heavy (non-hydrogen) atoms. The molecule has 0 fully saturated rings. The number of rotatable bonds is 14. The maximum Gasteiger partial charge on any atom is 0.328 e. The van der Waals surface area contributed by atoms with Crippen LogP contribution in [-0.2, 0) is 32.0 Å². The van der Waals surface area contributed by atoms with E-state index >= 15 is 0 Å². The molecule has 2 heterocycles. The number of carboxylic acids is 1. The number of aromatic amines is 2. The van der Waals surface area contributed by atoms with Crippen molar-refractivity contribution in [3.8, 4) is 0 Å². The molecule has 13 heteroatoms. The van der Waals surface area contributed by atoms with Gasteiger partial charge in [0.2, 0.25) is 17.7 Å². The fourth-order valence-corrected chi connectivity index (χ4v) is 4.25. The fourth-order valence-electron chi connectivity index (χ4n) is 4.25. The van der Waals surface area contributed by atoms with Gasteiger partial charge >= 0.3 is 5.97 Å². The van der Waals surface area contributed by atoms with Gasteiger partial charge in [-0.05, 0) is 24.5 Å². The molecule has 3 rings (SSSR count). The van der Waals surface area contributed by atoms with Gasteiger partial charge in [0.15, 0.2) is 6.04 Å². The maximum atomic E-state index is 13.7. The van der Waals surface area contributed by atoms with Gasteiger partial charge in [-0.15, -0.1) is 0 Å². The summed E-state index contributed by atoms with van der Waals surface area (Å²) in [5.74, 6) is -3.57. The van der Waals surface area contributed by atoms with E-state index in [2.05, 4.69) is 30.9 Å². The van der Waals surface area contributed by atoms with Crippen LogP contribution in [0.4, 0.5) is 0 Å². The summed E-state index contributed by atoms with van der Waals surface area (Å²) < 4.78 is 0. The molecule has 9 N–H and O–H groups in total. The Hall–Kier alpha value is -4.23. The lowest BCUT2D eigenvalue weighted by Gasteiger charge is -2.26. The van der Waals surface area contributed by atoms with Gasteiger partial charge in [0.25, 0.3) is 0 Å². The van der Waals surface area contributed by atoms with Crippen molar-refractivity contribution in [1.82, 2.24) is 30.9 Å². The van der Waals surface area contributed by atoms with E-state index in [9.17, 15) is 29.4 Å². The molecule has 2 aromatic heterocycles. The van der Waals surface area contributed by atoms with E-state index in [1.807, 2.05) is 38.1 Å². The minimum atomic E-state index is -1.59. The van der Waals surface area contributed by atoms with Gasteiger partial charge < -0.3 is 41.9 Å². The first-order chi connectivity index (χ1) is 19.0. The maximum absolute atomic E-state index is 13.7. The summed E-state index contributed by atoms with van der Waals surface area (Å²) in [6, 6.07) is 2.70. The van der Waals surface area contributed by atoms with E-state index < -0.39 is 54.0 Å². The number of H-pyrrole nitrogens is 2. The van der Waals surface area contributed by atoms with E-state index in [1.54, 1.807) is 6.20 Å². The summed E-state index contributed by atoms with van der Waals surface area (Å²) in [6.07, 6.45) is 3.93. The van der Waals surface area contributed by atoms with Crippen LogP contribution in [0.3, 0.4) is 0 Å². The Labute approximate surface area is 231 Å². The van der Waals surface area contributed by atoms with Crippen LogP contribution in [0.15, 0.2) is 43.0 Å². The highest BCUT2D eigenvalue weighted by atomic mass is 16.4. The Morgan fingerprint density at radius 2 is 1.62 bits per heavy atom. The predicted octanol–water partition coefficient (Wildman–Crippen LogP) is -0.0306. The van der Waals surface area contributed by atoms with Gasteiger partial charge in [-0.2, -0.15) is 0 Å². The molecule has 216 valence electrons. The number of benzene rings is 1. The van der Waals surface area contributed by atoms with Gasteiger partial charge in [-0.3, -0.25) is 14.4 Å². The van der Waals surface area contributed by atoms with Crippen molar-refractivity contribution in [3.05, 3.63) is 54.2 Å². The molecular weight excluding hydrogens is 518 g/mol. The third-order valence-electron chi connectivity index (χ3n) is 6.95. The first-order valence-corrected chi connectivity index (χ1v) is 13.1. The van der Waals surface area contributed by atoms with Crippen LogP contribution in [-0.4, -0.2) is 79.1 Å². The number of aliphatic hydroxyl groups excluding tert-OH is 1. The van der Waals surface area contributed by atoms with Crippen LogP contribution in [0.2, 0.25) is 0 Å². The number of amides is 3. The number of nitrogens with zero attached hydrogens (tertiary/aromatic N) is 1. The lowest BCUT2D eigenvalue weighted by atomic mass is 9.98. The Balaban J connectivity index is 1.88. The number of fused-ring (bicyclic) bond motifs is 1. The lowest BCUT2D eigenvalue weighted by molar-refractivity contribution is -0.145. The number of carboxylic acid groups (broad SMARTS) is 1. The van der Waals surface area contributed by atoms with E-state index in [4.69, 9.17) is 5.73 Å². The van der Waals surface area contributed by atoms with E-state index in [0.717, 1.165) is 16.5 Å². The van der Waals surface area contributed by atoms with E-state index in [0.29, 0.717) is 12.1 Å². The van der Waals surface area contributed by atoms with Gasteiger partial charge in [0.1, 0.15) is 12.1 Å². The second kappa shape index (κ2) is 13.7. The van der Waals surface area contributed by atoms with Crippen LogP contribution in [0.5, 0.6) is 0 Å². The van der Waals surface area contributed by atoms with Crippen LogP contribution < -0.4 is 21.7 Å². The first kappa shape index (κ1) is 30.3. The van der Waals surface area contributed by atoms with Crippen molar-refractivity contribution in [3.63, 3.8) is 0 Å². The standard InChI is InChI=1S/C27H37N7O6/c1-4-14(2)22(28)26(38)33-20(9-16-11-30-19-8-6-5-7-18(16)19)24(36)32-21(10-17-12-29-13-31-17)25(37)34-23(15(3)35)27(39)40/h5-8,11-15,20-23,30,35H,4,9-10,28H2,1-3H3,(H,29,31)(H,32,36)(H,33,38)(H,34,37)(H,39,40). The molecule has 0 saturated carbocycles. The van der Waals surface area contributed by atoms with Crippen molar-refractivity contribution in [1.29, 1.82) is 0 Å². The largest absolute Gasteiger partial charge is 0.480 e. The van der Waals surface area contributed by atoms with Crippen LogP contribution in [0.1, 0.15) is 38.4 Å². The monoisotopic (exact) mass is 555 g/mol. The molecule has 1 aromatic carbocycles. The number of imidazole rings is 1. The average molecular weight is 556 g/mol. The molecule has 0 bridgehead atoms. The molecule has 13 nitrogen and oxygen atoms in total. The normalized spacial score (nSPS) is 15.8. The zero-order valence-electron chi connectivity index (χ0n) is 22.7. The molecule has 6 unspecified atom stereocenters. The van der Waals surface area contributed by atoms with Gasteiger partial charge in [0.05, 0.1) is 18.5 Å². The first-order valence-electron chi connectivity index (χ1n) is 13.1. The quantitative estimate of drug-likeness (QED) is 0.135. The molecule has 6 atom stereocenters. The highest BCUT2D eigenvalue weighted by Crippen LogP contribution is 2.19. The molecule has 0 aliphatic carbocycles. The Kier molecular flexibility index (Phi) is 10.4. The molecule has 0 radical (unpaired) electrons. The molecular formula is C27H37N7O6. The van der Waals surface area contributed by atoms with Gasteiger partial charge in [-0.25, -0.2) is 9.78 Å². The molecule has 0 spiro atoms. The number of aromatic nitrogens is 3. The second-order valence-corrected chi connectivity index (χ2v) is 9.94. The summed E-state index contributed by atoms with van der Waals surface area (Å²) in [6.45, 7) is 4.98. The topological polar surface area (TPSA) is 215 Å². The SMILES string of the molecule is CCC(C)C(N)C(=O)NC(Cc1c[nH]c2ccccc12)C(=O)NC(Cc1cnc[nH]1)C(=O)NC(C(=O)O)C(C)O. The fraction of sp³-hybridized carbons (Fsp3) is 0.444. The van der Waals surface area contributed by atoms with Crippen LogP contribution in [0, 0.1) is 5.92 Å². The zero-order chi connectivity index (χ0) is 29.4. The zero-order valence-corrected chi connectivity index (χ0v) is 22.7. The number of nitrogens with two attached hydrogens (primary N) is 1. The summed E-state index contributed by atoms with van der Waals surface area (Å²) in [4.78, 5) is 61.3. The molecule has 0 aliphatic rings. The molecule has 0 saturated heterocycles. The second-order valence-electron chi connectivity index (χ2n) is 9.94. The number of nitrogens with one attached hydrogen (secondary N) is 5. The van der Waals surface area contributed by atoms with Crippen LogP contribution in [0.25, 0.3) is 10.9 Å². The summed E-state index contributed by atoms with van der Waals surface area (Å²) in [5, 5.41) is 27.8. The van der Waals surface area contributed by atoms with E-state index in [-0.39, 0.29) is 18.8 Å². The number of aliphatic hydroxyl groups is 1. The minimum absolute atomic E-state index is 0.0517. The highest BCUT2D eigenvalue weighted by Gasteiger charge is 2.33. The van der Waals surface area contributed by atoms with E-state index in [1.165, 1.54) is 19.4 Å².